The van der Waals surface area contributed by atoms with Gasteiger partial charge in [0.15, 0.2) is 0 Å². The largest absolute Gasteiger partial charge is 0.573 e. The Balaban J connectivity index is 1.27. The number of amides is 2. The summed E-state index contributed by atoms with van der Waals surface area (Å²) in [5.74, 6) is -0.325. The molecular formula is C25H15Cl2F3N6O2S. The zero-order valence-electron chi connectivity index (χ0n) is 19.4. The number of nitrogens with zero attached hydrogens (tertiary/aromatic N) is 4. The average molecular weight is 591 g/mol. The number of hydrogen-bond donors (Lipinski definition) is 2. The minimum absolute atomic E-state index is 0.299. The SMILES string of the molecule is O=C(NS/N=C/c1ccc2c(ccc3c2nnn3-c2ccc(OC(F)(F)F)cc2)c1)Nc1c(Cl)cccc1Cl. The number of alkyl halides is 3. The van der Waals surface area contributed by atoms with E-state index in [1.165, 1.54) is 28.9 Å². The maximum absolute atomic E-state index is 12.4. The van der Waals surface area contributed by atoms with Crippen molar-refractivity contribution in [2.75, 3.05) is 5.32 Å². The van der Waals surface area contributed by atoms with E-state index in [4.69, 9.17) is 23.2 Å². The molecule has 2 amide bonds. The van der Waals surface area contributed by atoms with Gasteiger partial charge in [-0.05, 0) is 59.5 Å². The zero-order valence-corrected chi connectivity index (χ0v) is 21.7. The van der Waals surface area contributed by atoms with Crippen LogP contribution in [-0.2, 0) is 0 Å². The molecule has 0 radical (unpaired) electrons. The van der Waals surface area contributed by atoms with Crippen LogP contribution in [-0.4, -0.2) is 33.6 Å². The summed E-state index contributed by atoms with van der Waals surface area (Å²) in [6.07, 6.45) is -3.18. The van der Waals surface area contributed by atoms with E-state index in [2.05, 4.69) is 29.5 Å². The molecule has 0 aliphatic carbocycles. The molecule has 0 bridgehead atoms. The summed E-state index contributed by atoms with van der Waals surface area (Å²) in [6.45, 7) is 0. The molecule has 198 valence electrons. The molecule has 2 N–H and O–H groups in total. The number of carbonyl (C=O) groups is 1. The molecule has 39 heavy (non-hydrogen) atoms. The predicted molar refractivity (Wildman–Crippen MR) is 147 cm³/mol. The number of anilines is 1. The van der Waals surface area contributed by atoms with Crippen LogP contribution in [0.5, 0.6) is 5.75 Å². The van der Waals surface area contributed by atoms with Crippen LogP contribution in [0.1, 0.15) is 5.56 Å². The smallest absolute Gasteiger partial charge is 0.406 e. The molecule has 0 unspecified atom stereocenters. The van der Waals surface area contributed by atoms with Gasteiger partial charge in [-0.25, -0.2) is 13.9 Å². The molecule has 0 fully saturated rings. The molecule has 5 rings (SSSR count). The van der Waals surface area contributed by atoms with Crippen molar-refractivity contribution in [2.24, 2.45) is 4.40 Å². The standard InChI is InChI=1S/C25H15Cl2F3N6O2S/c26-19-2-1-3-20(27)23(19)32-24(37)34-39-31-13-14-4-10-18-15(12-14)5-11-21-22(18)33-35-36(21)16-6-8-17(9-7-16)38-25(28,29)30/h1-13H,(H2,32,34,37)/b31-13+. The lowest BCUT2D eigenvalue weighted by Crippen LogP contribution is -2.22. The van der Waals surface area contributed by atoms with E-state index in [0.29, 0.717) is 32.5 Å². The molecule has 0 aliphatic heterocycles. The van der Waals surface area contributed by atoms with E-state index in [-0.39, 0.29) is 5.75 Å². The van der Waals surface area contributed by atoms with Crippen molar-refractivity contribution in [2.45, 2.75) is 6.36 Å². The normalized spacial score (nSPS) is 11.8. The number of urea groups is 1. The van der Waals surface area contributed by atoms with E-state index >= 15 is 0 Å². The molecule has 1 heterocycles. The summed E-state index contributed by atoms with van der Waals surface area (Å²) in [7, 11) is 0. The van der Waals surface area contributed by atoms with E-state index < -0.39 is 12.4 Å². The summed E-state index contributed by atoms with van der Waals surface area (Å²) < 4.78 is 49.4. The number of ether oxygens (including phenoxy) is 1. The number of para-hydroxylation sites is 1. The second-order valence-corrected chi connectivity index (χ2v) is 9.35. The lowest BCUT2D eigenvalue weighted by Gasteiger charge is -2.09. The molecule has 0 spiro atoms. The van der Waals surface area contributed by atoms with Gasteiger partial charge in [0.05, 0.1) is 39.1 Å². The molecule has 0 saturated heterocycles. The van der Waals surface area contributed by atoms with Gasteiger partial charge in [0, 0.05) is 11.6 Å². The number of benzene rings is 4. The van der Waals surface area contributed by atoms with Crippen LogP contribution in [0, 0.1) is 0 Å². The molecular weight excluding hydrogens is 576 g/mol. The van der Waals surface area contributed by atoms with Crippen LogP contribution in [0.2, 0.25) is 10.0 Å². The molecule has 8 nitrogen and oxygen atoms in total. The van der Waals surface area contributed by atoms with Crippen molar-refractivity contribution in [3.8, 4) is 11.4 Å². The first-order valence-corrected chi connectivity index (χ1v) is 12.6. The number of carbonyl (C=O) groups excluding carboxylic acids is 1. The highest BCUT2D eigenvalue weighted by atomic mass is 35.5. The third-order valence-corrected chi connectivity index (χ3v) is 6.48. The van der Waals surface area contributed by atoms with Crippen LogP contribution >= 0.6 is 35.3 Å². The minimum Gasteiger partial charge on any atom is -0.406 e. The molecule has 0 aliphatic rings. The van der Waals surface area contributed by atoms with Gasteiger partial charge in [-0.3, -0.25) is 4.72 Å². The monoisotopic (exact) mass is 590 g/mol. The second kappa shape index (κ2) is 11.0. The van der Waals surface area contributed by atoms with Gasteiger partial charge in [-0.15, -0.1) is 18.3 Å². The first kappa shape index (κ1) is 26.6. The number of nitrogens with one attached hydrogen (secondary N) is 2. The second-order valence-electron chi connectivity index (χ2n) is 7.94. The van der Waals surface area contributed by atoms with Crippen molar-refractivity contribution < 1.29 is 22.7 Å². The van der Waals surface area contributed by atoms with E-state index in [0.717, 1.165) is 28.5 Å². The van der Waals surface area contributed by atoms with Gasteiger partial charge >= 0.3 is 12.4 Å². The summed E-state index contributed by atoms with van der Waals surface area (Å²) >= 11 is 12.9. The fraction of sp³-hybridized carbons (Fsp3) is 0.0400. The summed E-state index contributed by atoms with van der Waals surface area (Å²) in [6, 6.07) is 19.0. The average Bonchev–Trinajstić information content (AvgIpc) is 3.33. The first-order valence-electron chi connectivity index (χ1n) is 11.0. The maximum Gasteiger partial charge on any atom is 0.573 e. The number of aromatic nitrogens is 3. The zero-order chi connectivity index (χ0) is 27.6. The maximum atomic E-state index is 12.4. The third kappa shape index (κ3) is 6.19. The topological polar surface area (TPSA) is 93.4 Å². The minimum atomic E-state index is -4.76. The Labute approximate surface area is 233 Å². The Morgan fingerprint density at radius 2 is 1.77 bits per heavy atom. The summed E-state index contributed by atoms with van der Waals surface area (Å²) in [5.41, 5.74) is 2.90. The van der Waals surface area contributed by atoms with E-state index in [9.17, 15) is 18.0 Å². The predicted octanol–water partition coefficient (Wildman–Crippen LogP) is 7.58. The van der Waals surface area contributed by atoms with Crippen molar-refractivity contribution in [1.29, 1.82) is 0 Å². The fourth-order valence-electron chi connectivity index (χ4n) is 3.71. The van der Waals surface area contributed by atoms with Gasteiger partial charge in [0.2, 0.25) is 0 Å². The van der Waals surface area contributed by atoms with Crippen molar-refractivity contribution in [3.05, 3.63) is 88.4 Å². The van der Waals surface area contributed by atoms with Crippen molar-refractivity contribution >= 4 is 75.1 Å². The Morgan fingerprint density at radius 3 is 2.49 bits per heavy atom. The van der Waals surface area contributed by atoms with Gasteiger partial charge in [0.1, 0.15) is 11.3 Å². The highest BCUT2D eigenvalue weighted by Gasteiger charge is 2.31. The van der Waals surface area contributed by atoms with Crippen LogP contribution in [0.4, 0.5) is 23.7 Å². The van der Waals surface area contributed by atoms with E-state index in [1.807, 2.05) is 30.3 Å². The first-order chi connectivity index (χ1) is 18.7. The van der Waals surface area contributed by atoms with Crippen LogP contribution in [0.25, 0.3) is 27.5 Å². The number of rotatable bonds is 6. The van der Waals surface area contributed by atoms with Crippen LogP contribution in [0.15, 0.2) is 77.2 Å². The molecule has 0 saturated carbocycles. The highest BCUT2D eigenvalue weighted by molar-refractivity contribution is 7.96. The summed E-state index contributed by atoms with van der Waals surface area (Å²) in [4.78, 5) is 12.1. The number of hydrogen-bond acceptors (Lipinski definition) is 6. The Morgan fingerprint density at radius 1 is 1.03 bits per heavy atom. The van der Waals surface area contributed by atoms with Gasteiger partial charge in [-0.2, -0.15) is 0 Å². The Kier molecular flexibility index (Phi) is 7.51. The quantitative estimate of drug-likeness (QED) is 0.157. The highest BCUT2D eigenvalue weighted by Crippen LogP contribution is 2.30. The van der Waals surface area contributed by atoms with E-state index in [1.54, 1.807) is 24.4 Å². The molecule has 0 atom stereocenters. The van der Waals surface area contributed by atoms with Gasteiger partial charge in [-0.1, -0.05) is 52.7 Å². The molecule has 5 aromatic rings. The summed E-state index contributed by atoms with van der Waals surface area (Å²) in [5, 5.41) is 13.3. The van der Waals surface area contributed by atoms with Crippen molar-refractivity contribution in [3.63, 3.8) is 0 Å². The van der Waals surface area contributed by atoms with Crippen molar-refractivity contribution in [1.82, 2.24) is 19.7 Å². The number of halogens is 5. The molecule has 1 aromatic heterocycles. The molecule has 14 heteroatoms. The number of fused-ring (bicyclic) bond motifs is 3. The van der Waals surface area contributed by atoms with Gasteiger partial charge in [0.25, 0.3) is 0 Å². The van der Waals surface area contributed by atoms with Crippen LogP contribution in [0.3, 0.4) is 0 Å². The van der Waals surface area contributed by atoms with Crippen LogP contribution < -0.4 is 14.8 Å². The third-order valence-electron chi connectivity index (χ3n) is 5.37. The lowest BCUT2D eigenvalue weighted by atomic mass is 10.1. The Bertz CT molecular complexity index is 1690. The fourth-order valence-corrected chi connectivity index (χ4v) is 4.56. The van der Waals surface area contributed by atoms with Gasteiger partial charge < -0.3 is 10.1 Å². The lowest BCUT2D eigenvalue weighted by molar-refractivity contribution is -0.274. The Hall–Kier alpha value is -4.00. The molecule has 4 aromatic carbocycles.